The van der Waals surface area contributed by atoms with Gasteiger partial charge < -0.3 is 35.8 Å². The van der Waals surface area contributed by atoms with Crippen LogP contribution in [0.5, 0.6) is 5.75 Å². The summed E-state index contributed by atoms with van der Waals surface area (Å²) < 4.78 is 10.4. The van der Waals surface area contributed by atoms with Crippen LogP contribution in [0, 0.1) is 11.8 Å². The van der Waals surface area contributed by atoms with Gasteiger partial charge in [-0.15, -0.1) is 0 Å². The summed E-state index contributed by atoms with van der Waals surface area (Å²) >= 11 is 0. The molecule has 12 nitrogen and oxygen atoms in total. The van der Waals surface area contributed by atoms with Crippen molar-refractivity contribution in [3.63, 3.8) is 0 Å². The Kier molecular flexibility index (Phi) is 13.1. The number of esters is 1. The Bertz CT molecular complexity index is 962. The first-order valence-corrected chi connectivity index (χ1v) is 12.0. The summed E-state index contributed by atoms with van der Waals surface area (Å²) in [6.07, 6.45) is 0. The summed E-state index contributed by atoms with van der Waals surface area (Å²) in [7, 11) is 0. The summed E-state index contributed by atoms with van der Waals surface area (Å²) in [6.45, 7) is 9.67. The molecule has 3 amide bonds. The van der Waals surface area contributed by atoms with E-state index in [0.717, 1.165) is 0 Å². The standard InChI is InChI=1S/C25H38N4O8/c1-14(2)23(29-21(31)10-26-16(5)6)24(34)27-11-20(30)28-18-8-7-17(12-37-25(35)15(3)4)9-19(18)36-13-22(32)33/h7-9,14-16,23,26H,10-13H2,1-6H3,(H,27,34)(H,28,30)(H,29,31)(H,32,33). The van der Waals surface area contributed by atoms with E-state index in [1.54, 1.807) is 33.8 Å². The van der Waals surface area contributed by atoms with E-state index in [1.165, 1.54) is 12.1 Å². The lowest BCUT2D eigenvalue weighted by Crippen LogP contribution is -2.52. The molecule has 0 aromatic heterocycles. The maximum Gasteiger partial charge on any atom is 0.341 e. The molecule has 0 spiro atoms. The zero-order chi connectivity index (χ0) is 28.1. The third-order valence-electron chi connectivity index (χ3n) is 4.88. The number of carbonyl (C=O) groups excluding carboxylic acids is 4. The maximum atomic E-state index is 12.6. The highest BCUT2D eigenvalue weighted by atomic mass is 16.5. The Morgan fingerprint density at radius 1 is 0.946 bits per heavy atom. The largest absolute Gasteiger partial charge is 0.480 e. The molecule has 12 heteroatoms. The first-order valence-electron chi connectivity index (χ1n) is 12.0. The molecule has 0 aliphatic heterocycles. The van der Waals surface area contributed by atoms with Crippen molar-refractivity contribution in [2.75, 3.05) is 25.0 Å². The van der Waals surface area contributed by atoms with Crippen LogP contribution in [0.3, 0.4) is 0 Å². The molecule has 0 radical (unpaired) electrons. The van der Waals surface area contributed by atoms with E-state index in [9.17, 15) is 24.0 Å². The lowest BCUT2D eigenvalue weighted by Gasteiger charge is -2.22. The molecule has 5 N–H and O–H groups in total. The molecule has 0 heterocycles. The second kappa shape index (κ2) is 15.4. The van der Waals surface area contributed by atoms with Gasteiger partial charge >= 0.3 is 11.9 Å². The molecule has 0 fully saturated rings. The summed E-state index contributed by atoms with van der Waals surface area (Å²) in [5.41, 5.74) is 0.705. The average molecular weight is 523 g/mol. The number of nitrogens with one attached hydrogen (secondary N) is 4. The molecule has 0 aliphatic carbocycles. The summed E-state index contributed by atoms with van der Waals surface area (Å²) in [6, 6.07) is 3.80. The molecule has 0 aliphatic rings. The molecule has 1 aromatic carbocycles. The first-order chi connectivity index (χ1) is 17.3. The molecule has 0 saturated carbocycles. The zero-order valence-electron chi connectivity index (χ0n) is 22.2. The lowest BCUT2D eigenvalue weighted by molar-refractivity contribution is -0.148. The van der Waals surface area contributed by atoms with Gasteiger partial charge in [0.25, 0.3) is 0 Å². The average Bonchev–Trinajstić information content (AvgIpc) is 2.82. The van der Waals surface area contributed by atoms with E-state index >= 15 is 0 Å². The fraction of sp³-hybridized carbons (Fsp3) is 0.560. The van der Waals surface area contributed by atoms with Crippen LogP contribution in [0.25, 0.3) is 0 Å². The van der Waals surface area contributed by atoms with Gasteiger partial charge in [-0.1, -0.05) is 47.6 Å². The van der Waals surface area contributed by atoms with Crippen LogP contribution >= 0.6 is 0 Å². The SMILES string of the molecule is CC(C)NCC(=O)NC(C(=O)NCC(=O)Nc1ccc(COC(=O)C(C)C)cc1OCC(=O)O)C(C)C. The number of carboxylic acids is 1. The topological polar surface area (TPSA) is 172 Å². The van der Waals surface area contributed by atoms with Gasteiger partial charge in [0.2, 0.25) is 17.7 Å². The smallest absolute Gasteiger partial charge is 0.341 e. The number of anilines is 1. The molecule has 1 aromatic rings. The number of aliphatic carboxylic acids is 1. The highest BCUT2D eigenvalue weighted by Crippen LogP contribution is 2.26. The zero-order valence-corrected chi connectivity index (χ0v) is 22.2. The number of hydrogen-bond acceptors (Lipinski definition) is 8. The van der Waals surface area contributed by atoms with E-state index in [-0.39, 0.29) is 48.4 Å². The molecule has 1 unspecified atom stereocenters. The highest BCUT2D eigenvalue weighted by Gasteiger charge is 2.24. The third kappa shape index (κ3) is 12.2. The van der Waals surface area contributed by atoms with E-state index in [2.05, 4.69) is 21.3 Å². The van der Waals surface area contributed by atoms with Crippen molar-refractivity contribution in [2.24, 2.45) is 11.8 Å². The monoisotopic (exact) mass is 522 g/mol. The fourth-order valence-corrected chi connectivity index (χ4v) is 2.87. The minimum absolute atomic E-state index is 0.0558. The van der Waals surface area contributed by atoms with Gasteiger partial charge in [0, 0.05) is 6.04 Å². The predicted molar refractivity (Wildman–Crippen MR) is 136 cm³/mol. The number of carbonyl (C=O) groups is 5. The first kappa shape index (κ1) is 31.4. The third-order valence-corrected chi connectivity index (χ3v) is 4.88. The van der Waals surface area contributed by atoms with Crippen molar-refractivity contribution in [2.45, 2.75) is 60.2 Å². The molecular weight excluding hydrogens is 484 g/mol. The Hall–Kier alpha value is -3.67. The molecule has 206 valence electrons. The Morgan fingerprint density at radius 3 is 2.19 bits per heavy atom. The van der Waals surface area contributed by atoms with Gasteiger partial charge in [-0.25, -0.2) is 4.79 Å². The number of hydrogen-bond donors (Lipinski definition) is 5. The molecule has 37 heavy (non-hydrogen) atoms. The van der Waals surface area contributed by atoms with Crippen LogP contribution in [0.15, 0.2) is 18.2 Å². The van der Waals surface area contributed by atoms with Crippen LogP contribution in [-0.2, 0) is 35.3 Å². The van der Waals surface area contributed by atoms with Crippen LogP contribution in [0.2, 0.25) is 0 Å². The summed E-state index contributed by atoms with van der Waals surface area (Å²) in [5.74, 6) is -3.54. The van der Waals surface area contributed by atoms with Crippen molar-refractivity contribution >= 4 is 35.3 Å². The van der Waals surface area contributed by atoms with Gasteiger partial charge in [-0.3, -0.25) is 19.2 Å². The van der Waals surface area contributed by atoms with E-state index in [0.29, 0.717) is 5.56 Å². The number of carboxylic acid groups (broad SMARTS) is 1. The summed E-state index contributed by atoms with van der Waals surface area (Å²) in [4.78, 5) is 59.9. The van der Waals surface area contributed by atoms with Crippen molar-refractivity contribution < 1.29 is 38.6 Å². The highest BCUT2D eigenvalue weighted by molar-refractivity contribution is 5.97. The summed E-state index contributed by atoms with van der Waals surface area (Å²) in [5, 5.41) is 19.6. The van der Waals surface area contributed by atoms with Crippen LogP contribution in [0.4, 0.5) is 5.69 Å². The molecule has 0 bridgehead atoms. The van der Waals surface area contributed by atoms with Gasteiger partial charge in [-0.05, 0) is 23.6 Å². The van der Waals surface area contributed by atoms with Crippen molar-refractivity contribution in [1.29, 1.82) is 0 Å². The van der Waals surface area contributed by atoms with E-state index < -0.39 is 42.9 Å². The number of ether oxygens (including phenoxy) is 2. The van der Waals surface area contributed by atoms with Crippen molar-refractivity contribution in [3.05, 3.63) is 23.8 Å². The maximum absolute atomic E-state index is 12.6. The Labute approximate surface area is 216 Å². The molecule has 0 saturated heterocycles. The molecule has 1 atom stereocenters. The second-order valence-electron chi connectivity index (χ2n) is 9.37. The Balaban J connectivity index is 2.81. The number of rotatable bonds is 15. The van der Waals surface area contributed by atoms with Gasteiger partial charge in [-0.2, -0.15) is 0 Å². The molecular formula is C25H38N4O8. The second-order valence-corrected chi connectivity index (χ2v) is 9.37. The number of amides is 3. The Morgan fingerprint density at radius 2 is 1.62 bits per heavy atom. The van der Waals surface area contributed by atoms with Crippen molar-refractivity contribution in [3.8, 4) is 5.75 Å². The minimum atomic E-state index is -1.22. The normalized spacial score (nSPS) is 11.7. The van der Waals surface area contributed by atoms with Crippen LogP contribution < -0.4 is 26.0 Å². The number of benzene rings is 1. The fourth-order valence-electron chi connectivity index (χ4n) is 2.87. The van der Waals surface area contributed by atoms with Crippen LogP contribution in [-0.4, -0.2) is 66.5 Å². The van der Waals surface area contributed by atoms with E-state index in [1.807, 2.05) is 13.8 Å². The van der Waals surface area contributed by atoms with E-state index in [4.69, 9.17) is 14.6 Å². The van der Waals surface area contributed by atoms with Crippen LogP contribution in [0.1, 0.15) is 47.1 Å². The van der Waals surface area contributed by atoms with Gasteiger partial charge in [0.1, 0.15) is 18.4 Å². The van der Waals surface area contributed by atoms with Gasteiger partial charge in [0.05, 0.1) is 24.7 Å². The molecule has 1 rings (SSSR count). The minimum Gasteiger partial charge on any atom is -0.480 e. The quantitative estimate of drug-likeness (QED) is 0.211. The van der Waals surface area contributed by atoms with Gasteiger partial charge in [0.15, 0.2) is 6.61 Å². The predicted octanol–water partition coefficient (Wildman–Crippen LogP) is 1.04. The van der Waals surface area contributed by atoms with Crippen molar-refractivity contribution in [1.82, 2.24) is 16.0 Å². The lowest BCUT2D eigenvalue weighted by atomic mass is 10.0.